The van der Waals surface area contributed by atoms with Crippen LogP contribution in [0, 0.1) is 0 Å². The Bertz CT molecular complexity index is 1230. The summed E-state index contributed by atoms with van der Waals surface area (Å²) in [7, 11) is 0. The smallest absolute Gasteiger partial charge is 0.271 e. The molecule has 0 spiro atoms. The Hall–Kier alpha value is -3.63. The van der Waals surface area contributed by atoms with E-state index in [1.54, 1.807) is 40.9 Å². The third kappa shape index (κ3) is 4.94. The van der Waals surface area contributed by atoms with Crippen LogP contribution in [0.4, 0.5) is 0 Å². The van der Waals surface area contributed by atoms with Crippen molar-refractivity contribution in [2.24, 2.45) is 0 Å². The number of ketones is 1. The number of amides is 2. The molecule has 0 aliphatic carbocycles. The molecule has 35 heavy (non-hydrogen) atoms. The zero-order valence-electron chi connectivity index (χ0n) is 18.8. The highest BCUT2D eigenvalue weighted by Crippen LogP contribution is 2.28. The first-order valence-electron chi connectivity index (χ1n) is 11.4. The summed E-state index contributed by atoms with van der Waals surface area (Å²) in [6.45, 7) is 0.433. The fourth-order valence-electron chi connectivity index (χ4n) is 4.54. The summed E-state index contributed by atoms with van der Waals surface area (Å²) >= 11 is 1.32. The van der Waals surface area contributed by atoms with Crippen molar-refractivity contribution in [3.8, 4) is 16.3 Å². The van der Waals surface area contributed by atoms with Crippen LogP contribution < -0.4 is 5.32 Å². The monoisotopic (exact) mass is 492 g/mol. The maximum atomic E-state index is 13.7. The van der Waals surface area contributed by atoms with Crippen LogP contribution in [-0.4, -0.2) is 68.9 Å². The van der Waals surface area contributed by atoms with E-state index in [1.807, 2.05) is 6.07 Å². The molecular weight excluding hydrogens is 468 g/mol. The van der Waals surface area contributed by atoms with Gasteiger partial charge in [-0.3, -0.25) is 19.4 Å². The lowest BCUT2D eigenvalue weighted by molar-refractivity contribution is -0.142. The van der Waals surface area contributed by atoms with E-state index in [4.69, 9.17) is 4.74 Å². The second kappa shape index (κ2) is 9.93. The minimum absolute atomic E-state index is 0.00401. The van der Waals surface area contributed by atoms with E-state index in [9.17, 15) is 19.5 Å². The number of rotatable bonds is 6. The van der Waals surface area contributed by atoms with Gasteiger partial charge in [0, 0.05) is 36.3 Å². The molecule has 4 heterocycles. The van der Waals surface area contributed by atoms with Gasteiger partial charge >= 0.3 is 0 Å². The SMILES string of the molecule is O=C(N[C@@H](Cc1ccc(O)cc1)C(=O)N1CCCC2OCC(=O)C21)c1csc(-c2cccnc2)n1. The van der Waals surface area contributed by atoms with Crippen LogP contribution in [0.5, 0.6) is 5.75 Å². The van der Waals surface area contributed by atoms with Crippen molar-refractivity contribution in [1.82, 2.24) is 20.2 Å². The summed E-state index contributed by atoms with van der Waals surface area (Å²) < 4.78 is 5.58. The van der Waals surface area contributed by atoms with Crippen molar-refractivity contribution < 1.29 is 24.2 Å². The number of nitrogens with zero attached hydrogens (tertiary/aromatic N) is 3. The van der Waals surface area contributed by atoms with Gasteiger partial charge < -0.3 is 20.1 Å². The van der Waals surface area contributed by atoms with Gasteiger partial charge in [-0.05, 0) is 42.7 Å². The van der Waals surface area contributed by atoms with Gasteiger partial charge in [0.05, 0.1) is 6.10 Å². The summed E-state index contributed by atoms with van der Waals surface area (Å²) in [6.07, 6.45) is 4.69. The van der Waals surface area contributed by atoms with Gasteiger partial charge in [0.1, 0.15) is 35.1 Å². The summed E-state index contributed by atoms with van der Waals surface area (Å²) in [4.78, 5) is 49.4. The molecule has 2 aliphatic rings. The molecule has 10 heteroatoms. The van der Waals surface area contributed by atoms with E-state index in [0.717, 1.165) is 24.0 Å². The highest BCUT2D eigenvalue weighted by Gasteiger charge is 2.45. The fourth-order valence-corrected chi connectivity index (χ4v) is 5.33. The number of carbonyl (C=O) groups excluding carboxylic acids is 3. The van der Waals surface area contributed by atoms with Crippen LogP contribution >= 0.6 is 11.3 Å². The van der Waals surface area contributed by atoms with Crippen molar-refractivity contribution >= 4 is 28.9 Å². The van der Waals surface area contributed by atoms with E-state index in [0.29, 0.717) is 11.6 Å². The van der Waals surface area contributed by atoms with E-state index in [2.05, 4.69) is 15.3 Å². The molecule has 5 rings (SSSR count). The average molecular weight is 493 g/mol. The highest BCUT2D eigenvalue weighted by atomic mass is 32.1. The number of piperidine rings is 1. The number of Topliss-reactive ketones (excluding diaryl/α,β-unsaturated/α-hetero) is 1. The quantitative estimate of drug-likeness (QED) is 0.541. The van der Waals surface area contributed by atoms with Crippen LogP contribution in [0.1, 0.15) is 28.9 Å². The number of phenols is 1. The van der Waals surface area contributed by atoms with Crippen LogP contribution in [0.3, 0.4) is 0 Å². The Morgan fingerprint density at radius 2 is 2.09 bits per heavy atom. The highest BCUT2D eigenvalue weighted by molar-refractivity contribution is 7.13. The fraction of sp³-hybridized carbons (Fsp3) is 0.320. The maximum Gasteiger partial charge on any atom is 0.271 e. The van der Waals surface area contributed by atoms with E-state index >= 15 is 0 Å². The number of pyridine rings is 1. The number of thiazole rings is 1. The van der Waals surface area contributed by atoms with Crippen molar-refractivity contribution in [2.45, 2.75) is 37.5 Å². The molecule has 2 N–H and O–H groups in total. The molecule has 180 valence electrons. The third-order valence-corrected chi connectivity index (χ3v) is 7.14. The molecule has 3 aromatic rings. The molecule has 9 nitrogen and oxygen atoms in total. The van der Waals surface area contributed by atoms with E-state index in [1.165, 1.54) is 23.5 Å². The van der Waals surface area contributed by atoms with Crippen molar-refractivity contribution in [3.05, 3.63) is 65.4 Å². The molecule has 1 aromatic carbocycles. The van der Waals surface area contributed by atoms with Crippen molar-refractivity contribution in [1.29, 1.82) is 0 Å². The lowest BCUT2D eigenvalue weighted by atomic mass is 9.95. The van der Waals surface area contributed by atoms with Gasteiger partial charge in [-0.1, -0.05) is 12.1 Å². The van der Waals surface area contributed by atoms with Gasteiger partial charge in [0.2, 0.25) is 5.91 Å². The number of benzene rings is 1. The number of carbonyl (C=O) groups is 3. The first-order valence-corrected chi connectivity index (χ1v) is 12.3. The number of aromatic hydroxyl groups is 1. The largest absolute Gasteiger partial charge is 0.508 e. The normalized spacial score (nSPS) is 20.3. The van der Waals surface area contributed by atoms with Gasteiger partial charge in [0.15, 0.2) is 5.78 Å². The summed E-state index contributed by atoms with van der Waals surface area (Å²) in [5.41, 5.74) is 1.76. The van der Waals surface area contributed by atoms with Crippen LogP contribution in [0.15, 0.2) is 54.2 Å². The maximum absolute atomic E-state index is 13.7. The molecule has 3 atom stereocenters. The number of fused-ring (bicyclic) bond motifs is 1. The van der Waals surface area contributed by atoms with Gasteiger partial charge in [-0.15, -0.1) is 11.3 Å². The molecule has 2 amide bonds. The summed E-state index contributed by atoms with van der Waals surface area (Å²) in [6, 6.07) is 8.59. The molecule has 0 saturated carbocycles. The van der Waals surface area contributed by atoms with E-state index < -0.39 is 18.0 Å². The Labute approximate surface area is 205 Å². The Morgan fingerprint density at radius 1 is 1.26 bits per heavy atom. The zero-order valence-corrected chi connectivity index (χ0v) is 19.6. The zero-order chi connectivity index (χ0) is 24.4. The van der Waals surface area contributed by atoms with Gasteiger partial charge in [0.25, 0.3) is 5.91 Å². The molecule has 2 aromatic heterocycles. The number of likely N-dealkylation sites (tertiary alicyclic amines) is 1. The number of ether oxygens (including phenoxy) is 1. The lowest BCUT2D eigenvalue weighted by Crippen LogP contribution is -2.58. The predicted molar refractivity (Wildman–Crippen MR) is 128 cm³/mol. The number of hydrogen-bond donors (Lipinski definition) is 2. The number of aromatic nitrogens is 2. The molecule has 2 fully saturated rings. The predicted octanol–water partition coefficient (Wildman–Crippen LogP) is 2.21. The number of nitrogens with one attached hydrogen (secondary N) is 1. The minimum atomic E-state index is -0.914. The van der Waals surface area contributed by atoms with Crippen LogP contribution in [0.2, 0.25) is 0 Å². The lowest BCUT2D eigenvalue weighted by Gasteiger charge is -2.37. The molecule has 2 aliphatic heterocycles. The molecule has 2 unspecified atom stereocenters. The van der Waals surface area contributed by atoms with Gasteiger partial charge in [-0.25, -0.2) is 4.98 Å². The Kier molecular flexibility index (Phi) is 6.56. The molecule has 0 radical (unpaired) electrons. The number of hydrogen-bond acceptors (Lipinski definition) is 8. The Morgan fingerprint density at radius 3 is 2.86 bits per heavy atom. The average Bonchev–Trinajstić information content (AvgIpc) is 3.53. The first kappa shape index (κ1) is 23.1. The molecule has 2 saturated heterocycles. The van der Waals surface area contributed by atoms with Crippen LogP contribution in [0.25, 0.3) is 10.6 Å². The molecular formula is C25H24N4O5S. The summed E-state index contributed by atoms with van der Waals surface area (Å²) in [5, 5.41) is 14.7. The molecule has 0 bridgehead atoms. The van der Waals surface area contributed by atoms with Crippen molar-refractivity contribution in [2.75, 3.05) is 13.2 Å². The number of phenolic OH excluding ortho intramolecular Hbond substituents is 1. The van der Waals surface area contributed by atoms with Crippen LogP contribution in [-0.2, 0) is 20.7 Å². The first-order chi connectivity index (χ1) is 17.0. The van der Waals surface area contributed by atoms with Gasteiger partial charge in [-0.2, -0.15) is 0 Å². The summed E-state index contributed by atoms with van der Waals surface area (Å²) in [5.74, 6) is -0.809. The third-order valence-electron chi connectivity index (χ3n) is 6.25. The van der Waals surface area contributed by atoms with Crippen molar-refractivity contribution in [3.63, 3.8) is 0 Å². The topological polar surface area (TPSA) is 122 Å². The second-order valence-electron chi connectivity index (χ2n) is 8.61. The Balaban J connectivity index is 1.38. The second-order valence-corrected chi connectivity index (χ2v) is 9.47. The van der Waals surface area contributed by atoms with E-state index in [-0.39, 0.29) is 42.3 Å². The standard InChI is InChI=1S/C25H24N4O5S/c30-17-7-5-15(6-8-17)11-18(25(33)29-10-2-4-21-22(29)20(31)13-34-21)27-23(32)19-14-35-24(28-19)16-3-1-9-26-12-16/h1,3,5-9,12,14,18,21-22,30H,2,4,10-11,13H2,(H,27,32)/t18-,21?,22?/m0/s1. The minimum Gasteiger partial charge on any atom is -0.508 e.